The molecule has 3 N–H and O–H groups in total. The van der Waals surface area contributed by atoms with Crippen molar-refractivity contribution in [2.24, 2.45) is 5.73 Å². The Bertz CT molecular complexity index is 2000. The van der Waals surface area contributed by atoms with E-state index in [1.807, 2.05) is 60.7 Å². The van der Waals surface area contributed by atoms with Crippen LogP contribution in [0.15, 0.2) is 97.1 Å². The summed E-state index contributed by atoms with van der Waals surface area (Å²) in [5, 5.41) is 11.8. The number of amides is 1. The van der Waals surface area contributed by atoms with Crippen LogP contribution in [0.25, 0.3) is 32.6 Å². The molecule has 1 aliphatic carbocycles. The molecule has 0 aliphatic heterocycles. The molecule has 6 nitrogen and oxygen atoms in total. The molecule has 1 amide bonds. The minimum absolute atomic E-state index is 0.0787. The van der Waals surface area contributed by atoms with E-state index < -0.39 is 34.5 Å². The number of carboxylic acid groups (broad SMARTS) is 1. The molecule has 1 aliphatic rings. The second-order valence-corrected chi connectivity index (χ2v) is 11.9. The molecule has 1 aromatic heterocycles. The lowest BCUT2D eigenvalue weighted by Crippen LogP contribution is -2.33. The van der Waals surface area contributed by atoms with Crippen LogP contribution in [-0.2, 0) is 17.5 Å². The number of carboxylic acids is 1. The van der Waals surface area contributed by atoms with E-state index >= 15 is 0 Å². The molecular weight excluding hydrogens is 625 g/mol. The first-order valence-corrected chi connectivity index (χ1v) is 14.1. The Morgan fingerprint density at radius 1 is 0.953 bits per heavy atom. The number of hydrogen-bond donors (Lipinski definition) is 2. The average Bonchev–Trinajstić information content (AvgIpc) is 3.28. The van der Waals surface area contributed by atoms with Gasteiger partial charge in [-0.15, -0.1) is 0 Å². The number of halogens is 4. The van der Waals surface area contributed by atoms with Gasteiger partial charge >= 0.3 is 12.1 Å². The smallest absolute Gasteiger partial charge is 0.416 e. The lowest BCUT2D eigenvalue weighted by Gasteiger charge is -2.35. The zero-order valence-corrected chi connectivity index (χ0v) is 24.0. The molecule has 5 aromatic rings. The van der Waals surface area contributed by atoms with E-state index in [0.717, 1.165) is 28.5 Å². The topological polar surface area (TPSA) is 94.6 Å². The van der Waals surface area contributed by atoms with Gasteiger partial charge in [-0.25, -0.2) is 4.79 Å². The van der Waals surface area contributed by atoms with Gasteiger partial charge in [0.2, 0.25) is 5.91 Å². The molecule has 4 aromatic carbocycles. The number of hydrogen-bond acceptors (Lipinski definition) is 3. The molecule has 0 saturated heterocycles. The third kappa shape index (κ3) is 5.16. The summed E-state index contributed by atoms with van der Waals surface area (Å²) in [6, 6.07) is 20.7. The van der Waals surface area contributed by atoms with Gasteiger partial charge in [-0.3, -0.25) is 4.79 Å². The van der Waals surface area contributed by atoms with Gasteiger partial charge in [-0.2, -0.15) is 13.2 Å². The van der Waals surface area contributed by atoms with E-state index in [9.17, 15) is 27.9 Å². The van der Waals surface area contributed by atoms with Crippen LogP contribution in [0.3, 0.4) is 0 Å². The highest BCUT2D eigenvalue weighted by atomic mass is 79.9. The summed E-state index contributed by atoms with van der Waals surface area (Å²) in [5.74, 6) is -2.67. The molecule has 0 fully saturated rings. The fourth-order valence-corrected chi connectivity index (χ4v) is 6.67. The van der Waals surface area contributed by atoms with Gasteiger partial charge in [0.25, 0.3) is 0 Å². The normalized spacial score (nSPS) is 18.5. The molecule has 10 heteroatoms. The Kier molecular flexibility index (Phi) is 7.04. The Hall–Kier alpha value is -4.57. The van der Waals surface area contributed by atoms with E-state index in [0.29, 0.717) is 5.52 Å². The largest absolute Gasteiger partial charge is 0.481 e. The lowest BCUT2D eigenvalue weighted by molar-refractivity contribution is -0.139. The summed E-state index contributed by atoms with van der Waals surface area (Å²) in [6.45, 7) is -0.727. The van der Waals surface area contributed by atoms with Gasteiger partial charge in [-0.1, -0.05) is 88.8 Å². The number of aliphatic carboxylic acids is 1. The summed E-state index contributed by atoms with van der Waals surface area (Å²) < 4.78 is 48.8. The van der Waals surface area contributed by atoms with Gasteiger partial charge in [0.1, 0.15) is 5.75 Å². The molecule has 0 saturated carbocycles. The number of carbonyl (C=O) groups is 2. The average molecular weight is 649 g/mol. The highest BCUT2D eigenvalue weighted by molar-refractivity contribution is 9.10. The van der Waals surface area contributed by atoms with Gasteiger partial charge in [0.05, 0.1) is 26.3 Å². The van der Waals surface area contributed by atoms with Crippen molar-refractivity contribution in [1.29, 1.82) is 0 Å². The number of rotatable bonds is 7. The first kappa shape index (κ1) is 28.5. The van der Waals surface area contributed by atoms with Crippen LogP contribution in [-0.4, -0.2) is 32.5 Å². The van der Waals surface area contributed by atoms with Crippen molar-refractivity contribution in [2.75, 3.05) is 6.61 Å². The Labute approximate surface area is 252 Å². The second kappa shape index (κ2) is 10.6. The SMILES string of the molecule is NC(=O)c1cccc2c1c1c(OCC(=O)O)cc(C(F)(F)F)cc1n2CC1(Br)C=CC=CC1c1ccc2ccccc2c1. The standard InChI is InChI=1S/C33H24BrF3N2O4/c34-32(13-4-3-9-24(32)21-12-11-19-6-1-2-7-20(19)14-21)18-39-25-10-5-8-23(31(38)42)29(25)30-26(39)15-22(33(35,36)37)16-27(30)43-17-28(40)41/h1-16,24H,17-18H2,(H2,38,42)(H,40,41). The fraction of sp³-hybridized carbons (Fsp3) is 0.152. The number of fused-ring (bicyclic) bond motifs is 4. The second-order valence-electron chi connectivity index (χ2n) is 10.5. The van der Waals surface area contributed by atoms with Gasteiger partial charge in [-0.05, 0) is 40.6 Å². The quantitative estimate of drug-likeness (QED) is 0.178. The Morgan fingerprint density at radius 3 is 2.44 bits per heavy atom. The molecule has 0 bridgehead atoms. The van der Waals surface area contributed by atoms with Crippen molar-refractivity contribution in [1.82, 2.24) is 4.57 Å². The van der Waals surface area contributed by atoms with Gasteiger partial charge in [0, 0.05) is 23.4 Å². The molecular formula is C33H24BrF3N2O4. The first-order valence-electron chi connectivity index (χ1n) is 13.3. The number of nitrogens with zero attached hydrogens (tertiary/aromatic N) is 1. The van der Waals surface area contributed by atoms with Crippen molar-refractivity contribution in [3.8, 4) is 5.75 Å². The Balaban J connectivity index is 1.60. The third-order valence-corrected chi connectivity index (χ3v) is 8.75. The predicted molar refractivity (Wildman–Crippen MR) is 163 cm³/mol. The van der Waals surface area contributed by atoms with Crippen LogP contribution in [0.5, 0.6) is 5.75 Å². The van der Waals surface area contributed by atoms with Crippen molar-refractivity contribution in [3.63, 3.8) is 0 Å². The Morgan fingerprint density at radius 2 is 1.72 bits per heavy atom. The van der Waals surface area contributed by atoms with E-state index in [2.05, 4.69) is 22.0 Å². The molecule has 2 unspecified atom stereocenters. The predicted octanol–water partition coefficient (Wildman–Crippen LogP) is 7.57. The number of primary amides is 1. The first-order chi connectivity index (χ1) is 20.5. The van der Waals surface area contributed by atoms with Crippen molar-refractivity contribution in [2.45, 2.75) is 23.0 Å². The van der Waals surface area contributed by atoms with Gasteiger partial charge in [0.15, 0.2) is 6.61 Å². The summed E-state index contributed by atoms with van der Waals surface area (Å²) >= 11 is 3.95. The molecule has 2 atom stereocenters. The zero-order valence-electron chi connectivity index (χ0n) is 22.4. The minimum atomic E-state index is -4.75. The molecule has 43 heavy (non-hydrogen) atoms. The maximum absolute atomic E-state index is 14.1. The number of alkyl halides is 4. The number of allylic oxidation sites excluding steroid dienone is 4. The number of ether oxygens (including phenoxy) is 1. The summed E-state index contributed by atoms with van der Waals surface area (Å²) in [4.78, 5) is 23.9. The minimum Gasteiger partial charge on any atom is -0.481 e. The van der Waals surface area contributed by atoms with Gasteiger partial charge < -0.3 is 20.1 Å². The summed E-state index contributed by atoms with van der Waals surface area (Å²) in [5.41, 5.74) is 6.34. The number of carbonyl (C=O) groups excluding carboxylic acids is 1. The maximum atomic E-state index is 14.1. The molecule has 6 rings (SSSR count). The van der Waals surface area contributed by atoms with Crippen LogP contribution in [0.1, 0.15) is 27.4 Å². The molecule has 0 spiro atoms. The van der Waals surface area contributed by atoms with Crippen LogP contribution < -0.4 is 10.5 Å². The molecule has 0 radical (unpaired) electrons. The van der Waals surface area contributed by atoms with Crippen LogP contribution in [0, 0.1) is 0 Å². The number of aromatic nitrogens is 1. The highest BCUT2D eigenvalue weighted by Gasteiger charge is 2.38. The number of nitrogens with two attached hydrogens (primary N) is 1. The van der Waals surface area contributed by atoms with Crippen molar-refractivity contribution in [3.05, 3.63) is 114 Å². The zero-order chi connectivity index (χ0) is 30.5. The maximum Gasteiger partial charge on any atom is 0.416 e. The summed E-state index contributed by atoms with van der Waals surface area (Å²) in [7, 11) is 0. The fourth-order valence-electron chi connectivity index (χ4n) is 5.85. The van der Waals surface area contributed by atoms with Crippen LogP contribution >= 0.6 is 15.9 Å². The van der Waals surface area contributed by atoms with E-state index in [4.69, 9.17) is 10.5 Å². The number of benzene rings is 4. The van der Waals surface area contributed by atoms with E-state index in [1.165, 1.54) is 6.07 Å². The van der Waals surface area contributed by atoms with Crippen molar-refractivity contribution >= 4 is 60.4 Å². The van der Waals surface area contributed by atoms with Crippen LogP contribution in [0.2, 0.25) is 0 Å². The van der Waals surface area contributed by atoms with E-state index in [-0.39, 0.29) is 40.1 Å². The summed E-state index contributed by atoms with van der Waals surface area (Å²) in [6.07, 6.45) is 3.03. The monoisotopic (exact) mass is 648 g/mol. The van der Waals surface area contributed by atoms with Crippen molar-refractivity contribution < 1.29 is 32.6 Å². The molecule has 218 valence electrons. The lowest BCUT2D eigenvalue weighted by atomic mass is 9.82. The van der Waals surface area contributed by atoms with Crippen LogP contribution in [0.4, 0.5) is 13.2 Å². The third-order valence-electron chi connectivity index (χ3n) is 7.74. The molecule has 1 heterocycles. The van der Waals surface area contributed by atoms with E-state index in [1.54, 1.807) is 16.7 Å². The highest BCUT2D eigenvalue weighted by Crippen LogP contribution is 2.47.